The second-order valence-electron chi connectivity index (χ2n) is 13.8. The molecule has 0 spiro atoms. The van der Waals surface area contributed by atoms with Gasteiger partial charge in [-0.25, -0.2) is 4.79 Å². The van der Waals surface area contributed by atoms with E-state index in [0.29, 0.717) is 14.0 Å². The number of phenolic OH excluding ortho intramolecular Hbond substituents is 1. The van der Waals surface area contributed by atoms with Crippen molar-refractivity contribution in [3.8, 4) is 11.5 Å². The number of aromatic hydroxyl groups is 1. The highest BCUT2D eigenvalue weighted by atomic mass is 127. The molecule has 0 radical (unpaired) electrons. The van der Waals surface area contributed by atoms with Crippen molar-refractivity contribution < 1.29 is 43.2 Å². The molecule has 3 aliphatic rings. The van der Waals surface area contributed by atoms with E-state index in [1.54, 1.807) is 12.1 Å². The van der Waals surface area contributed by atoms with E-state index in [0.717, 1.165) is 17.5 Å². The zero-order valence-corrected chi connectivity index (χ0v) is 30.7. The number of hydrogen-bond donors (Lipinski definition) is 2. The van der Waals surface area contributed by atoms with Crippen LogP contribution in [0, 0.1) is 27.2 Å². The minimum atomic E-state index is -3.07. The molecule has 2 aliphatic heterocycles. The number of fused-ring (bicyclic) bond motifs is 3. The summed E-state index contributed by atoms with van der Waals surface area (Å²) >= 11 is 2.00. The Balaban J connectivity index is 1.44. The second-order valence-corrected chi connectivity index (χ2v) is 19.2. The molecule has 0 bridgehead atoms. The van der Waals surface area contributed by atoms with Crippen LogP contribution in [0.5, 0.6) is 11.5 Å². The third kappa shape index (κ3) is 5.45. The van der Waals surface area contributed by atoms with Gasteiger partial charge >= 0.3 is 6.09 Å². The molecule has 3 aromatic carbocycles. The van der Waals surface area contributed by atoms with Crippen LogP contribution >= 0.6 is 22.6 Å². The van der Waals surface area contributed by atoms with E-state index in [2.05, 4.69) is 45.0 Å². The molecule has 0 aromatic heterocycles. The molecule has 10 nitrogen and oxygen atoms in total. The first-order valence-electron chi connectivity index (χ1n) is 16.0. The predicted octanol–water partition coefficient (Wildman–Crippen LogP) is 4.74. The van der Waals surface area contributed by atoms with Crippen LogP contribution in [0.2, 0.25) is 5.04 Å². The van der Waals surface area contributed by atoms with Gasteiger partial charge in [0.05, 0.1) is 35.7 Å². The van der Waals surface area contributed by atoms with E-state index in [1.165, 1.54) is 7.11 Å². The van der Waals surface area contributed by atoms with Crippen molar-refractivity contribution in [2.75, 3.05) is 20.8 Å². The number of carbonyl (C=O) groups excluding carboxylic acids is 3. The summed E-state index contributed by atoms with van der Waals surface area (Å²) in [6.07, 6.45) is -1.49. The molecule has 48 heavy (non-hydrogen) atoms. The summed E-state index contributed by atoms with van der Waals surface area (Å²) in [6.45, 7) is 6.50. The Morgan fingerprint density at radius 2 is 1.60 bits per heavy atom. The highest BCUT2D eigenvalue weighted by Crippen LogP contribution is 2.59. The third-order valence-corrected chi connectivity index (χ3v) is 16.1. The summed E-state index contributed by atoms with van der Waals surface area (Å²) in [6, 6.07) is 23.6. The van der Waals surface area contributed by atoms with Crippen LogP contribution in [0.15, 0.2) is 72.8 Å². The van der Waals surface area contributed by atoms with Gasteiger partial charge in [-0.05, 0) is 68.5 Å². The fraction of sp³-hybridized carbons (Fsp3) is 0.417. The fourth-order valence-electron chi connectivity index (χ4n) is 8.08. The second kappa shape index (κ2) is 12.9. The van der Waals surface area contributed by atoms with Crippen molar-refractivity contribution in [2.24, 2.45) is 23.7 Å². The van der Waals surface area contributed by atoms with Crippen molar-refractivity contribution in [1.29, 1.82) is 0 Å². The van der Waals surface area contributed by atoms with Crippen LogP contribution in [0.3, 0.4) is 0 Å². The number of amides is 3. The Hall–Kier alpha value is -3.30. The Morgan fingerprint density at radius 1 is 1.00 bits per heavy atom. The number of carbonyl (C=O) groups is 3. The van der Waals surface area contributed by atoms with E-state index in [1.807, 2.05) is 59.0 Å². The molecule has 1 saturated carbocycles. The molecule has 2 saturated heterocycles. The summed E-state index contributed by atoms with van der Waals surface area (Å²) in [7, 11) is -0.496. The van der Waals surface area contributed by atoms with E-state index < -0.39 is 61.8 Å². The van der Waals surface area contributed by atoms with Crippen LogP contribution in [0.25, 0.3) is 0 Å². The summed E-state index contributed by atoms with van der Waals surface area (Å²) in [5.41, 5.74) is 0.640. The average Bonchev–Trinajstić information content (AvgIpc) is 3.55. The Labute approximate surface area is 294 Å². The smallest absolute Gasteiger partial charge is 0.423 e. The lowest BCUT2D eigenvalue weighted by Gasteiger charge is -2.48. The molecule has 1 aliphatic carbocycles. The summed E-state index contributed by atoms with van der Waals surface area (Å²) in [4.78, 5) is 40.7. The lowest BCUT2D eigenvalue weighted by atomic mass is 9.64. The number of aliphatic hydroxyl groups is 1. The SMILES string of the molecule is COC(=O)N1C(=O)[C@H]2[C@H](C[C@H](CO[Si](c3ccccc3)(c3ccccc3)C(C)(C)C)[C@@]3(O)O[C@H](c4cc(I)c(O)c(OC)c4)C[C@@H]23)C1=O. The van der Waals surface area contributed by atoms with E-state index in [-0.39, 0.29) is 36.0 Å². The minimum Gasteiger partial charge on any atom is -0.504 e. The average molecular weight is 786 g/mol. The van der Waals surface area contributed by atoms with Gasteiger partial charge in [-0.15, -0.1) is 0 Å². The quantitative estimate of drug-likeness (QED) is 0.198. The van der Waals surface area contributed by atoms with Gasteiger partial charge in [-0.2, -0.15) is 4.90 Å². The van der Waals surface area contributed by atoms with Gasteiger partial charge in [0.15, 0.2) is 17.3 Å². The maximum Gasteiger partial charge on any atom is 0.423 e. The molecular formula is C36H40INO9Si. The number of rotatable bonds is 7. The first-order chi connectivity index (χ1) is 22.8. The van der Waals surface area contributed by atoms with Crippen molar-refractivity contribution in [3.63, 3.8) is 0 Å². The number of nitrogens with zero attached hydrogens (tertiary/aromatic N) is 1. The first kappa shape index (κ1) is 34.6. The minimum absolute atomic E-state index is 0.0158. The predicted molar refractivity (Wildman–Crippen MR) is 187 cm³/mol. The first-order valence-corrected chi connectivity index (χ1v) is 18.9. The largest absolute Gasteiger partial charge is 0.504 e. The third-order valence-electron chi connectivity index (χ3n) is 10.3. The standard InChI is InChI=1S/C36H40INO9Si/c1-35(2,3)48(23-12-8-6-9-13-23,24-14-10-7-11-15-24)46-20-22-18-25-30(33(41)38(32(25)40)34(42)45-5)26-19-28(47-36(22,26)43)21-16-27(37)31(39)29(17-21)44-4/h6-17,22,25-26,28,30,39,43H,18-20H2,1-5H3/t22-,25+,26+,28+,30+,36-/m1/s1. The van der Waals surface area contributed by atoms with Gasteiger partial charge in [0.25, 0.3) is 8.32 Å². The number of hydrogen-bond acceptors (Lipinski definition) is 9. The summed E-state index contributed by atoms with van der Waals surface area (Å²) in [5.74, 6) is -6.42. The number of methoxy groups -OCH3 is 2. The molecule has 2 heterocycles. The molecule has 6 rings (SSSR count). The molecule has 254 valence electrons. The van der Waals surface area contributed by atoms with Crippen molar-refractivity contribution >= 4 is 59.2 Å². The molecular weight excluding hydrogens is 745 g/mol. The number of phenols is 1. The van der Waals surface area contributed by atoms with E-state index >= 15 is 0 Å². The number of halogens is 1. The van der Waals surface area contributed by atoms with Gasteiger partial charge < -0.3 is 28.8 Å². The molecule has 3 aromatic rings. The highest BCUT2D eigenvalue weighted by Gasteiger charge is 2.68. The van der Waals surface area contributed by atoms with Gasteiger partial charge in [0.1, 0.15) is 0 Å². The molecule has 6 atom stereocenters. The van der Waals surface area contributed by atoms with E-state index in [4.69, 9.17) is 18.6 Å². The van der Waals surface area contributed by atoms with Crippen molar-refractivity contribution in [2.45, 2.75) is 50.5 Å². The van der Waals surface area contributed by atoms with Crippen LogP contribution in [-0.4, -0.2) is 68.0 Å². The molecule has 0 unspecified atom stereocenters. The zero-order valence-electron chi connectivity index (χ0n) is 27.5. The Kier molecular flexibility index (Phi) is 9.26. The zero-order chi connectivity index (χ0) is 34.6. The molecule has 12 heteroatoms. The van der Waals surface area contributed by atoms with E-state index in [9.17, 15) is 24.6 Å². The van der Waals surface area contributed by atoms with Crippen molar-refractivity contribution in [1.82, 2.24) is 4.90 Å². The van der Waals surface area contributed by atoms with Crippen LogP contribution in [0.4, 0.5) is 4.79 Å². The lowest BCUT2D eigenvalue weighted by Crippen LogP contribution is -2.67. The van der Waals surface area contributed by atoms with Crippen LogP contribution in [0.1, 0.15) is 45.3 Å². The maximum absolute atomic E-state index is 13.8. The summed E-state index contributed by atoms with van der Waals surface area (Å²) in [5, 5.41) is 24.9. The monoisotopic (exact) mass is 785 g/mol. The fourth-order valence-corrected chi connectivity index (χ4v) is 13.3. The lowest BCUT2D eigenvalue weighted by molar-refractivity contribution is -0.273. The molecule has 3 fully saturated rings. The maximum atomic E-state index is 13.8. The number of ether oxygens (including phenoxy) is 3. The Bertz CT molecular complexity index is 1680. The van der Waals surface area contributed by atoms with Gasteiger partial charge in [0.2, 0.25) is 11.8 Å². The normalized spacial score (nSPS) is 27.1. The van der Waals surface area contributed by atoms with Gasteiger partial charge in [-0.3, -0.25) is 9.59 Å². The molecule has 3 amide bonds. The number of likely N-dealkylation sites (tertiary alicyclic amines) is 1. The topological polar surface area (TPSA) is 132 Å². The van der Waals surface area contributed by atoms with Crippen LogP contribution < -0.4 is 15.1 Å². The Morgan fingerprint density at radius 3 is 2.15 bits per heavy atom. The number of imide groups is 3. The van der Waals surface area contributed by atoms with Crippen molar-refractivity contribution in [3.05, 3.63) is 81.9 Å². The van der Waals surface area contributed by atoms with Gasteiger partial charge in [0, 0.05) is 18.4 Å². The number of benzene rings is 3. The summed E-state index contributed by atoms with van der Waals surface area (Å²) < 4.78 is 24.5. The van der Waals surface area contributed by atoms with Crippen LogP contribution in [-0.2, 0) is 23.5 Å². The van der Waals surface area contributed by atoms with Gasteiger partial charge in [-0.1, -0.05) is 81.4 Å². The molecule has 2 N–H and O–H groups in total. The highest BCUT2D eigenvalue weighted by molar-refractivity contribution is 14.1.